The number of aromatic carboxylic acids is 1. The fourth-order valence-electron chi connectivity index (χ4n) is 1.58. The Bertz CT molecular complexity index is 575. The minimum Gasteiger partial charge on any atom is -0.478 e. The molecule has 0 aliphatic heterocycles. The van der Waals surface area contributed by atoms with Gasteiger partial charge in [0.25, 0.3) is 5.69 Å². The van der Waals surface area contributed by atoms with Crippen LogP contribution in [0.25, 0.3) is 0 Å². The molecule has 2 N–H and O–H groups in total. The molecule has 0 bridgehead atoms. The van der Waals surface area contributed by atoms with Gasteiger partial charge in [-0.25, -0.2) is 9.78 Å². The van der Waals surface area contributed by atoms with Gasteiger partial charge >= 0.3 is 5.97 Å². The first-order valence-corrected chi connectivity index (χ1v) is 6.17. The second-order valence-electron chi connectivity index (χ2n) is 4.37. The van der Waals surface area contributed by atoms with Gasteiger partial charge in [0.1, 0.15) is 23.6 Å². The van der Waals surface area contributed by atoms with E-state index in [1.165, 1.54) is 4.90 Å². The number of likely N-dealkylation sites (N-methyl/N-ethyl adjacent to an activating group) is 1. The second kappa shape index (κ2) is 6.64. The Hall–Kier alpha value is -2.71. The number of amides is 1. The summed E-state index contributed by atoms with van der Waals surface area (Å²) in [7, 11) is 1.61. The molecule has 114 valence electrons. The number of rotatable bonds is 6. The maximum atomic E-state index is 11.9. The number of hydrogen-bond donors (Lipinski definition) is 2. The van der Waals surface area contributed by atoms with Crippen molar-refractivity contribution >= 4 is 23.4 Å². The number of anilines is 1. The van der Waals surface area contributed by atoms with E-state index in [0.717, 1.165) is 12.3 Å². The summed E-state index contributed by atoms with van der Waals surface area (Å²) >= 11 is 0. The number of aromatic nitrogens is 1. The molecule has 21 heavy (non-hydrogen) atoms. The molecule has 0 saturated heterocycles. The maximum Gasteiger partial charge on any atom is 0.339 e. The summed E-state index contributed by atoms with van der Waals surface area (Å²) in [5.74, 6) is -1.69. The molecule has 0 aliphatic rings. The van der Waals surface area contributed by atoms with Crippen molar-refractivity contribution < 1.29 is 19.6 Å². The molecule has 0 spiro atoms. The number of carbonyl (C=O) groups is 2. The Morgan fingerprint density at radius 1 is 1.57 bits per heavy atom. The summed E-state index contributed by atoms with van der Waals surface area (Å²) in [4.78, 5) is 38.1. The molecule has 0 fully saturated rings. The van der Waals surface area contributed by atoms with Crippen LogP contribution in [0.4, 0.5) is 11.5 Å². The molecular formula is C12H16N4O5. The number of carboxylic acids is 1. The minimum atomic E-state index is -1.36. The van der Waals surface area contributed by atoms with Crippen LogP contribution in [0.1, 0.15) is 24.2 Å². The van der Waals surface area contributed by atoms with E-state index in [9.17, 15) is 19.7 Å². The number of nitrogens with one attached hydrogen (secondary N) is 1. The lowest BCUT2D eigenvalue weighted by Gasteiger charge is -2.21. The highest BCUT2D eigenvalue weighted by molar-refractivity contribution is 5.95. The zero-order valence-electron chi connectivity index (χ0n) is 11.9. The van der Waals surface area contributed by atoms with E-state index in [2.05, 4.69) is 10.3 Å². The Balaban J connectivity index is 3.05. The minimum absolute atomic E-state index is 0.0848. The molecule has 0 radical (unpaired) electrons. The SMILES string of the molecule is CCN(C)C(=O)C(C)Nc1ncc([N+](=O)[O-])cc1C(=O)O. The maximum absolute atomic E-state index is 11.9. The van der Waals surface area contributed by atoms with Crippen molar-refractivity contribution in [3.63, 3.8) is 0 Å². The second-order valence-corrected chi connectivity index (χ2v) is 4.37. The zero-order valence-corrected chi connectivity index (χ0v) is 11.9. The third kappa shape index (κ3) is 3.88. The summed E-state index contributed by atoms with van der Waals surface area (Å²) in [6, 6.07) is 0.195. The Morgan fingerprint density at radius 2 is 2.19 bits per heavy atom. The molecule has 9 heteroatoms. The number of nitro groups is 1. The van der Waals surface area contributed by atoms with Crippen molar-refractivity contribution in [3.8, 4) is 0 Å². The lowest BCUT2D eigenvalue weighted by molar-refractivity contribution is -0.385. The summed E-state index contributed by atoms with van der Waals surface area (Å²) in [6.07, 6.45) is 0.940. The number of carboxylic acid groups (broad SMARTS) is 1. The molecule has 1 heterocycles. The molecule has 1 amide bonds. The zero-order chi connectivity index (χ0) is 16.2. The van der Waals surface area contributed by atoms with Gasteiger partial charge in [0, 0.05) is 19.7 Å². The number of nitrogens with zero attached hydrogens (tertiary/aromatic N) is 3. The third-order valence-electron chi connectivity index (χ3n) is 2.89. The van der Waals surface area contributed by atoms with Gasteiger partial charge < -0.3 is 15.3 Å². The van der Waals surface area contributed by atoms with Gasteiger partial charge in [-0.05, 0) is 13.8 Å². The topological polar surface area (TPSA) is 126 Å². The highest BCUT2D eigenvalue weighted by Crippen LogP contribution is 2.20. The standard InChI is InChI=1S/C12H16N4O5/c1-4-15(3)11(17)7(2)14-10-9(12(18)19)5-8(6-13-10)16(20)21/h5-7H,4H2,1-3H3,(H,13,14)(H,18,19). The smallest absolute Gasteiger partial charge is 0.339 e. The Kier molecular flexibility index (Phi) is 5.17. The predicted octanol–water partition coefficient (Wildman–Crippen LogP) is 0.967. The van der Waals surface area contributed by atoms with Gasteiger partial charge in [0.15, 0.2) is 0 Å². The molecule has 9 nitrogen and oxygen atoms in total. The molecule has 1 rings (SSSR count). The quantitative estimate of drug-likeness (QED) is 0.591. The molecular weight excluding hydrogens is 280 g/mol. The lowest BCUT2D eigenvalue weighted by Crippen LogP contribution is -2.39. The van der Waals surface area contributed by atoms with Crippen LogP contribution >= 0.6 is 0 Å². The van der Waals surface area contributed by atoms with E-state index in [4.69, 9.17) is 5.11 Å². The largest absolute Gasteiger partial charge is 0.478 e. The Labute approximate surface area is 120 Å². The van der Waals surface area contributed by atoms with E-state index in [0.29, 0.717) is 6.54 Å². The van der Waals surface area contributed by atoms with Crippen molar-refractivity contribution in [2.45, 2.75) is 19.9 Å². The first kappa shape index (κ1) is 16.3. The Morgan fingerprint density at radius 3 is 2.67 bits per heavy atom. The van der Waals surface area contributed by atoms with Crippen molar-refractivity contribution in [2.75, 3.05) is 18.9 Å². The third-order valence-corrected chi connectivity index (χ3v) is 2.89. The van der Waals surface area contributed by atoms with Gasteiger partial charge in [0.2, 0.25) is 5.91 Å². The fourth-order valence-corrected chi connectivity index (χ4v) is 1.58. The van der Waals surface area contributed by atoms with Crippen LogP contribution in [-0.2, 0) is 4.79 Å². The predicted molar refractivity (Wildman–Crippen MR) is 74.2 cm³/mol. The highest BCUT2D eigenvalue weighted by atomic mass is 16.6. The van der Waals surface area contributed by atoms with Crippen LogP contribution in [0.3, 0.4) is 0 Å². The summed E-state index contributed by atoms with van der Waals surface area (Å²) < 4.78 is 0. The van der Waals surface area contributed by atoms with Crippen molar-refractivity contribution in [3.05, 3.63) is 27.9 Å². The van der Waals surface area contributed by atoms with E-state index in [1.807, 2.05) is 0 Å². The van der Waals surface area contributed by atoms with Gasteiger partial charge in [0.05, 0.1) is 4.92 Å². The summed E-state index contributed by atoms with van der Waals surface area (Å²) in [5.41, 5.74) is -0.786. The van der Waals surface area contributed by atoms with Gasteiger partial charge in [-0.3, -0.25) is 14.9 Å². The molecule has 1 atom stereocenters. The van der Waals surface area contributed by atoms with Crippen LogP contribution in [0.5, 0.6) is 0 Å². The average Bonchev–Trinajstić information content (AvgIpc) is 2.45. The monoisotopic (exact) mass is 296 g/mol. The lowest BCUT2D eigenvalue weighted by atomic mass is 10.2. The van der Waals surface area contributed by atoms with Crippen LogP contribution in [0.15, 0.2) is 12.3 Å². The molecule has 1 aromatic rings. The molecule has 0 aromatic carbocycles. The molecule has 1 unspecified atom stereocenters. The first-order chi connectivity index (χ1) is 9.77. The van der Waals surface area contributed by atoms with E-state index in [-0.39, 0.29) is 17.3 Å². The fraction of sp³-hybridized carbons (Fsp3) is 0.417. The number of hydrogen-bond acceptors (Lipinski definition) is 6. The molecule has 0 saturated carbocycles. The van der Waals surface area contributed by atoms with Crippen molar-refractivity contribution in [1.29, 1.82) is 0 Å². The van der Waals surface area contributed by atoms with Crippen LogP contribution < -0.4 is 5.32 Å². The van der Waals surface area contributed by atoms with Gasteiger partial charge in [-0.1, -0.05) is 0 Å². The van der Waals surface area contributed by atoms with E-state index in [1.54, 1.807) is 20.9 Å². The van der Waals surface area contributed by atoms with Gasteiger partial charge in [-0.15, -0.1) is 0 Å². The van der Waals surface area contributed by atoms with E-state index >= 15 is 0 Å². The summed E-state index contributed by atoms with van der Waals surface area (Å²) in [6.45, 7) is 3.87. The normalized spacial score (nSPS) is 11.6. The number of pyridine rings is 1. The number of carbonyl (C=O) groups excluding carboxylic acids is 1. The average molecular weight is 296 g/mol. The summed E-state index contributed by atoms with van der Waals surface area (Å²) in [5, 5.41) is 22.4. The van der Waals surface area contributed by atoms with Crippen LogP contribution in [0.2, 0.25) is 0 Å². The highest BCUT2D eigenvalue weighted by Gasteiger charge is 2.22. The first-order valence-electron chi connectivity index (χ1n) is 6.17. The van der Waals surface area contributed by atoms with Gasteiger partial charge in [-0.2, -0.15) is 0 Å². The van der Waals surface area contributed by atoms with Crippen LogP contribution in [-0.4, -0.2) is 51.4 Å². The molecule has 1 aromatic heterocycles. The van der Waals surface area contributed by atoms with Crippen LogP contribution in [0, 0.1) is 10.1 Å². The molecule has 0 aliphatic carbocycles. The van der Waals surface area contributed by atoms with E-state index < -0.39 is 22.6 Å². The van der Waals surface area contributed by atoms with Crippen molar-refractivity contribution in [2.24, 2.45) is 0 Å². The van der Waals surface area contributed by atoms with Crippen molar-refractivity contribution in [1.82, 2.24) is 9.88 Å².